The molecular weight excluding hydrogens is 397 g/mol. The summed E-state index contributed by atoms with van der Waals surface area (Å²) < 4.78 is 0. The minimum Gasteiger partial charge on any atom is -0.324 e. The van der Waals surface area contributed by atoms with E-state index in [2.05, 4.69) is 15.3 Å². The summed E-state index contributed by atoms with van der Waals surface area (Å²) >= 11 is 17.7. The van der Waals surface area contributed by atoms with Gasteiger partial charge in [0.05, 0.1) is 17.1 Å². The molecule has 1 amide bonds. The molecule has 0 radical (unpaired) electrons. The van der Waals surface area contributed by atoms with Crippen LogP contribution in [0, 0.1) is 0 Å². The summed E-state index contributed by atoms with van der Waals surface area (Å²) in [5, 5.41) is 4.01. The van der Waals surface area contributed by atoms with Gasteiger partial charge in [0.2, 0.25) is 5.91 Å². The number of rotatable bonds is 4. The molecule has 132 valence electrons. The van der Waals surface area contributed by atoms with Crippen molar-refractivity contribution in [3.05, 3.63) is 79.6 Å². The van der Waals surface area contributed by atoms with Crippen molar-refractivity contribution in [1.82, 2.24) is 9.97 Å². The maximum atomic E-state index is 12.2. The molecule has 2 aromatic carbocycles. The van der Waals surface area contributed by atoms with Crippen LogP contribution < -0.4 is 10.9 Å². The molecule has 3 rings (SSSR count). The summed E-state index contributed by atoms with van der Waals surface area (Å²) in [4.78, 5) is 31.3. The van der Waals surface area contributed by atoms with Gasteiger partial charge in [-0.15, -0.1) is 0 Å². The number of nitrogens with one attached hydrogen (secondary N) is 2. The molecule has 0 aliphatic rings. The van der Waals surface area contributed by atoms with Crippen LogP contribution in [0.1, 0.15) is 5.56 Å². The maximum Gasteiger partial charge on any atom is 0.254 e. The molecule has 0 aliphatic carbocycles. The summed E-state index contributed by atoms with van der Waals surface area (Å²) in [6.45, 7) is 0. The van der Waals surface area contributed by atoms with Gasteiger partial charge in [0, 0.05) is 27.4 Å². The summed E-state index contributed by atoms with van der Waals surface area (Å²) in [6.07, 6.45) is 1.24. The minimum atomic E-state index is -0.388. The highest BCUT2D eigenvalue weighted by molar-refractivity contribution is 6.36. The number of benzene rings is 2. The van der Waals surface area contributed by atoms with Gasteiger partial charge in [-0.25, -0.2) is 4.98 Å². The molecule has 0 atom stereocenters. The number of hydrogen-bond donors (Lipinski definition) is 2. The normalized spacial score (nSPS) is 10.6. The first kappa shape index (κ1) is 18.5. The van der Waals surface area contributed by atoms with Crippen molar-refractivity contribution in [1.29, 1.82) is 0 Å². The van der Waals surface area contributed by atoms with E-state index in [1.54, 1.807) is 36.4 Å². The average Bonchev–Trinajstić information content (AvgIpc) is 2.60. The van der Waals surface area contributed by atoms with E-state index in [0.29, 0.717) is 26.6 Å². The molecule has 0 spiro atoms. The fourth-order valence-electron chi connectivity index (χ4n) is 2.26. The zero-order valence-electron chi connectivity index (χ0n) is 13.2. The fourth-order valence-corrected chi connectivity index (χ4v) is 2.84. The van der Waals surface area contributed by atoms with Crippen molar-refractivity contribution in [3.8, 4) is 11.4 Å². The second-order valence-corrected chi connectivity index (χ2v) is 6.72. The van der Waals surface area contributed by atoms with Gasteiger partial charge in [-0.05, 0) is 42.5 Å². The second-order valence-electron chi connectivity index (χ2n) is 5.44. The molecule has 1 heterocycles. The lowest BCUT2D eigenvalue weighted by Gasteiger charge is -2.08. The van der Waals surface area contributed by atoms with Crippen LogP contribution in [0.3, 0.4) is 0 Å². The number of aromatic nitrogens is 2. The standard InChI is InChI=1S/C18H12Cl3N3O2/c19-12-3-1-10(2-4-12)17-22-9-11(18(26)24-17)7-16(25)23-15-6-5-13(20)8-14(15)21/h1-6,8-9H,7H2,(H,23,25)(H,22,24,26). The largest absolute Gasteiger partial charge is 0.324 e. The Hall–Kier alpha value is -2.34. The van der Waals surface area contributed by atoms with Crippen LogP contribution in [0.25, 0.3) is 11.4 Å². The molecule has 0 saturated carbocycles. The predicted molar refractivity (Wildman–Crippen MR) is 104 cm³/mol. The van der Waals surface area contributed by atoms with Gasteiger partial charge < -0.3 is 10.3 Å². The van der Waals surface area contributed by atoms with E-state index < -0.39 is 0 Å². The van der Waals surface area contributed by atoms with Gasteiger partial charge in [0.15, 0.2) is 0 Å². The lowest BCUT2D eigenvalue weighted by Crippen LogP contribution is -2.22. The number of halogens is 3. The fraction of sp³-hybridized carbons (Fsp3) is 0.0556. The maximum absolute atomic E-state index is 12.2. The molecule has 1 aromatic heterocycles. The monoisotopic (exact) mass is 407 g/mol. The molecule has 0 bridgehead atoms. The van der Waals surface area contributed by atoms with Crippen molar-refractivity contribution < 1.29 is 4.79 Å². The van der Waals surface area contributed by atoms with Gasteiger partial charge in [-0.2, -0.15) is 0 Å². The van der Waals surface area contributed by atoms with Gasteiger partial charge in [0.25, 0.3) is 5.56 Å². The highest BCUT2D eigenvalue weighted by atomic mass is 35.5. The third-order valence-electron chi connectivity index (χ3n) is 3.55. The van der Waals surface area contributed by atoms with E-state index >= 15 is 0 Å². The first-order valence-electron chi connectivity index (χ1n) is 7.51. The summed E-state index contributed by atoms with van der Waals surface area (Å²) in [7, 11) is 0. The third kappa shape index (κ3) is 4.43. The molecule has 0 unspecified atom stereocenters. The van der Waals surface area contributed by atoms with E-state index in [-0.39, 0.29) is 23.5 Å². The van der Waals surface area contributed by atoms with Crippen LogP contribution >= 0.6 is 34.8 Å². The minimum absolute atomic E-state index is 0.137. The quantitative estimate of drug-likeness (QED) is 0.663. The van der Waals surface area contributed by atoms with Crippen molar-refractivity contribution in [2.75, 3.05) is 5.32 Å². The predicted octanol–water partition coefficient (Wildman–Crippen LogP) is 4.58. The molecule has 0 aliphatic heterocycles. The molecule has 0 fully saturated rings. The Kier molecular flexibility index (Phi) is 5.61. The number of carbonyl (C=O) groups excluding carboxylic acids is 1. The Bertz CT molecular complexity index is 1020. The topological polar surface area (TPSA) is 74.8 Å². The van der Waals surface area contributed by atoms with Gasteiger partial charge in [-0.1, -0.05) is 34.8 Å². The van der Waals surface area contributed by atoms with Crippen LogP contribution in [-0.4, -0.2) is 15.9 Å². The van der Waals surface area contributed by atoms with E-state index in [9.17, 15) is 9.59 Å². The number of nitrogens with zero attached hydrogens (tertiary/aromatic N) is 1. The Balaban J connectivity index is 1.74. The van der Waals surface area contributed by atoms with Crippen LogP contribution in [0.15, 0.2) is 53.5 Å². The summed E-state index contributed by atoms with van der Waals surface area (Å²) in [6, 6.07) is 11.6. The Morgan fingerprint density at radius 2 is 1.73 bits per heavy atom. The molecular formula is C18H12Cl3N3O2. The highest BCUT2D eigenvalue weighted by Crippen LogP contribution is 2.25. The van der Waals surface area contributed by atoms with Crippen molar-refractivity contribution >= 4 is 46.4 Å². The number of amides is 1. The van der Waals surface area contributed by atoms with Crippen molar-refractivity contribution in [2.24, 2.45) is 0 Å². The van der Waals surface area contributed by atoms with Crippen molar-refractivity contribution in [3.63, 3.8) is 0 Å². The number of H-pyrrole nitrogens is 1. The van der Waals surface area contributed by atoms with Crippen molar-refractivity contribution in [2.45, 2.75) is 6.42 Å². The molecule has 26 heavy (non-hydrogen) atoms. The Morgan fingerprint density at radius 3 is 2.38 bits per heavy atom. The first-order valence-corrected chi connectivity index (χ1v) is 8.65. The Morgan fingerprint density at radius 1 is 1.04 bits per heavy atom. The summed E-state index contributed by atoms with van der Waals surface area (Å²) in [5.41, 5.74) is 0.992. The molecule has 8 heteroatoms. The summed E-state index contributed by atoms with van der Waals surface area (Å²) in [5.74, 6) is 0.0114. The zero-order chi connectivity index (χ0) is 18.7. The second kappa shape index (κ2) is 7.91. The lowest BCUT2D eigenvalue weighted by molar-refractivity contribution is -0.115. The molecule has 3 aromatic rings. The SMILES string of the molecule is O=C(Cc1cnc(-c2ccc(Cl)cc2)[nH]c1=O)Nc1ccc(Cl)cc1Cl. The van der Waals surface area contributed by atoms with Crippen LogP contribution in [0.5, 0.6) is 0 Å². The van der Waals surface area contributed by atoms with Gasteiger partial charge in [-0.3, -0.25) is 9.59 Å². The van der Waals surface area contributed by atoms with E-state index in [1.807, 2.05) is 0 Å². The zero-order valence-corrected chi connectivity index (χ0v) is 15.5. The highest BCUT2D eigenvalue weighted by Gasteiger charge is 2.11. The lowest BCUT2D eigenvalue weighted by atomic mass is 10.2. The third-order valence-corrected chi connectivity index (χ3v) is 4.35. The number of hydrogen-bond acceptors (Lipinski definition) is 3. The van der Waals surface area contributed by atoms with E-state index in [0.717, 1.165) is 5.56 Å². The molecule has 0 saturated heterocycles. The number of aromatic amines is 1. The van der Waals surface area contributed by atoms with Crippen LogP contribution in [0.4, 0.5) is 5.69 Å². The molecule has 5 nitrogen and oxygen atoms in total. The number of anilines is 1. The van der Waals surface area contributed by atoms with Crippen LogP contribution in [-0.2, 0) is 11.2 Å². The van der Waals surface area contributed by atoms with Gasteiger partial charge in [0.1, 0.15) is 5.82 Å². The number of carbonyl (C=O) groups is 1. The average molecular weight is 409 g/mol. The Labute approximate surface area is 163 Å². The van der Waals surface area contributed by atoms with E-state index in [1.165, 1.54) is 12.3 Å². The first-order chi connectivity index (χ1) is 12.4. The molecule has 2 N–H and O–H groups in total. The van der Waals surface area contributed by atoms with E-state index in [4.69, 9.17) is 34.8 Å². The van der Waals surface area contributed by atoms with Gasteiger partial charge >= 0.3 is 0 Å². The van der Waals surface area contributed by atoms with Crippen LogP contribution in [0.2, 0.25) is 15.1 Å². The smallest absolute Gasteiger partial charge is 0.254 e.